The monoisotopic (exact) mass is 428 g/mol. The second-order valence-electron chi connectivity index (χ2n) is 6.29. The minimum Gasteiger partial charge on any atom is -0.404 e. The summed E-state index contributed by atoms with van der Waals surface area (Å²) in [6.07, 6.45) is -3.83. The molecular weight excluding hydrogens is 413 g/mol. The number of sulfonamides is 1. The van der Waals surface area contributed by atoms with Gasteiger partial charge in [0.1, 0.15) is 15.7 Å². The number of aromatic nitrogens is 1. The van der Waals surface area contributed by atoms with E-state index >= 15 is 0 Å². The summed E-state index contributed by atoms with van der Waals surface area (Å²) >= 11 is 1.40. The highest BCUT2D eigenvalue weighted by atomic mass is 32.2. The SMILES string of the molecule is O=S(=O)(c1ccccc1OC(F)(F)F)N1CCCC1c1nc2ccccc2s1. The fourth-order valence-corrected chi connectivity index (χ4v) is 6.26. The maximum atomic E-state index is 13.2. The molecule has 1 aliphatic rings. The van der Waals surface area contributed by atoms with Crippen LogP contribution < -0.4 is 4.74 Å². The summed E-state index contributed by atoms with van der Waals surface area (Å²) in [4.78, 5) is 4.04. The molecule has 1 atom stereocenters. The van der Waals surface area contributed by atoms with Gasteiger partial charge >= 0.3 is 6.36 Å². The van der Waals surface area contributed by atoms with E-state index in [1.54, 1.807) is 0 Å². The van der Waals surface area contributed by atoms with E-state index in [1.807, 2.05) is 24.3 Å². The van der Waals surface area contributed by atoms with Gasteiger partial charge in [0.25, 0.3) is 0 Å². The molecular formula is C18H15F3N2O3S2. The maximum Gasteiger partial charge on any atom is 0.573 e. The van der Waals surface area contributed by atoms with Crippen molar-refractivity contribution in [1.29, 1.82) is 0 Å². The summed E-state index contributed by atoms with van der Waals surface area (Å²) in [6.45, 7) is 0.212. The first-order valence-electron chi connectivity index (χ1n) is 8.48. The third kappa shape index (κ3) is 3.59. The van der Waals surface area contributed by atoms with E-state index in [0.717, 1.165) is 22.3 Å². The zero-order valence-electron chi connectivity index (χ0n) is 14.4. The van der Waals surface area contributed by atoms with Gasteiger partial charge in [0, 0.05) is 6.54 Å². The van der Waals surface area contributed by atoms with Crippen LogP contribution in [0, 0.1) is 0 Å². The third-order valence-electron chi connectivity index (χ3n) is 4.46. The number of thiazole rings is 1. The van der Waals surface area contributed by atoms with Gasteiger partial charge in [-0.1, -0.05) is 24.3 Å². The van der Waals surface area contributed by atoms with Crippen LogP contribution in [0.25, 0.3) is 10.2 Å². The zero-order chi connectivity index (χ0) is 19.9. The van der Waals surface area contributed by atoms with Crippen LogP contribution in [-0.4, -0.2) is 30.6 Å². The number of benzene rings is 2. The van der Waals surface area contributed by atoms with Crippen molar-refractivity contribution in [2.75, 3.05) is 6.54 Å². The molecule has 10 heteroatoms. The van der Waals surface area contributed by atoms with E-state index < -0.39 is 33.1 Å². The van der Waals surface area contributed by atoms with Gasteiger partial charge in [0.15, 0.2) is 0 Å². The van der Waals surface area contributed by atoms with Gasteiger partial charge in [-0.15, -0.1) is 24.5 Å². The molecule has 0 N–H and O–H groups in total. The number of rotatable bonds is 4. The number of nitrogens with zero attached hydrogens (tertiary/aromatic N) is 2. The Morgan fingerprint density at radius 3 is 2.57 bits per heavy atom. The van der Waals surface area contributed by atoms with Gasteiger partial charge in [-0.2, -0.15) is 4.31 Å². The van der Waals surface area contributed by atoms with Crippen molar-refractivity contribution in [2.45, 2.75) is 30.1 Å². The van der Waals surface area contributed by atoms with Gasteiger partial charge in [-0.3, -0.25) is 0 Å². The number of ether oxygens (including phenoxy) is 1. The Labute approximate surface area is 163 Å². The molecule has 0 amide bonds. The fourth-order valence-electron chi connectivity index (χ4n) is 3.31. The Kier molecular flexibility index (Phi) is 4.80. The van der Waals surface area contributed by atoms with Crippen molar-refractivity contribution >= 4 is 31.6 Å². The molecule has 1 aliphatic heterocycles. The molecule has 28 heavy (non-hydrogen) atoms. The second kappa shape index (κ2) is 7.02. The van der Waals surface area contributed by atoms with Gasteiger partial charge in [0.2, 0.25) is 10.0 Å². The van der Waals surface area contributed by atoms with Crippen LogP contribution in [0.5, 0.6) is 5.75 Å². The maximum absolute atomic E-state index is 13.2. The lowest BCUT2D eigenvalue weighted by Gasteiger charge is -2.24. The summed E-state index contributed by atoms with van der Waals surface area (Å²) in [5.74, 6) is -0.732. The second-order valence-corrected chi connectivity index (χ2v) is 9.21. The van der Waals surface area contributed by atoms with E-state index in [9.17, 15) is 21.6 Å². The molecule has 2 heterocycles. The molecule has 148 valence electrons. The van der Waals surface area contributed by atoms with Crippen LogP contribution in [0.2, 0.25) is 0 Å². The Morgan fingerprint density at radius 1 is 1.11 bits per heavy atom. The normalized spacial score (nSPS) is 18.6. The minimum absolute atomic E-state index is 0.212. The first-order chi connectivity index (χ1) is 13.3. The molecule has 1 fully saturated rings. The summed E-state index contributed by atoms with van der Waals surface area (Å²) in [5, 5.41) is 0.636. The number of hydrogen-bond donors (Lipinski definition) is 0. The van der Waals surface area contributed by atoms with Crippen LogP contribution in [0.4, 0.5) is 13.2 Å². The van der Waals surface area contributed by atoms with E-state index in [0.29, 0.717) is 17.8 Å². The number of halogens is 3. The van der Waals surface area contributed by atoms with E-state index in [-0.39, 0.29) is 6.54 Å². The average Bonchev–Trinajstić information content (AvgIpc) is 3.27. The lowest BCUT2D eigenvalue weighted by Crippen LogP contribution is -2.31. The third-order valence-corrected chi connectivity index (χ3v) is 7.55. The molecule has 1 saturated heterocycles. The first kappa shape index (κ1) is 19.2. The highest BCUT2D eigenvalue weighted by Crippen LogP contribution is 2.41. The predicted octanol–water partition coefficient (Wildman–Crippen LogP) is 4.72. The van der Waals surface area contributed by atoms with Crippen molar-refractivity contribution < 1.29 is 26.3 Å². The van der Waals surface area contributed by atoms with Crippen molar-refractivity contribution in [2.24, 2.45) is 0 Å². The molecule has 1 unspecified atom stereocenters. The molecule has 3 aromatic rings. The molecule has 5 nitrogen and oxygen atoms in total. The number of fused-ring (bicyclic) bond motifs is 1. The van der Waals surface area contributed by atoms with Crippen molar-refractivity contribution in [3.8, 4) is 5.75 Å². The predicted molar refractivity (Wildman–Crippen MR) is 98.6 cm³/mol. The molecule has 1 aromatic heterocycles. The Balaban J connectivity index is 1.73. The van der Waals surface area contributed by atoms with Gasteiger partial charge in [-0.05, 0) is 37.1 Å². The first-order valence-corrected chi connectivity index (χ1v) is 10.7. The van der Waals surface area contributed by atoms with Gasteiger partial charge in [0.05, 0.1) is 16.3 Å². The quantitative estimate of drug-likeness (QED) is 0.603. The van der Waals surface area contributed by atoms with E-state index in [4.69, 9.17) is 0 Å². The summed E-state index contributed by atoms with van der Waals surface area (Å²) < 4.78 is 70.6. The van der Waals surface area contributed by atoms with Crippen LogP contribution in [0.3, 0.4) is 0 Å². The molecule has 0 spiro atoms. The lowest BCUT2D eigenvalue weighted by atomic mass is 10.2. The van der Waals surface area contributed by atoms with Crippen LogP contribution >= 0.6 is 11.3 Å². The zero-order valence-corrected chi connectivity index (χ0v) is 16.0. The van der Waals surface area contributed by atoms with Crippen molar-refractivity contribution in [3.63, 3.8) is 0 Å². The van der Waals surface area contributed by atoms with Gasteiger partial charge < -0.3 is 4.74 Å². The fraction of sp³-hybridized carbons (Fsp3) is 0.278. The summed E-state index contributed by atoms with van der Waals surface area (Å²) in [7, 11) is -4.20. The average molecular weight is 428 g/mol. The molecule has 0 bridgehead atoms. The van der Waals surface area contributed by atoms with Crippen molar-refractivity contribution in [1.82, 2.24) is 9.29 Å². The Morgan fingerprint density at radius 2 is 1.82 bits per heavy atom. The standard InChI is InChI=1S/C18H15F3N2O3S2/c19-18(20,21)26-14-8-2-4-10-16(14)28(24,25)23-11-5-7-13(23)17-22-12-6-1-3-9-15(12)27-17/h1-4,6,8-10,13H,5,7,11H2. The Bertz CT molecular complexity index is 1080. The van der Waals surface area contributed by atoms with Crippen molar-refractivity contribution in [3.05, 3.63) is 53.5 Å². The summed E-state index contributed by atoms with van der Waals surface area (Å²) in [6, 6.07) is 11.8. The number of hydrogen-bond acceptors (Lipinski definition) is 5. The number of para-hydroxylation sites is 2. The largest absolute Gasteiger partial charge is 0.573 e. The molecule has 4 rings (SSSR count). The topological polar surface area (TPSA) is 59.5 Å². The molecule has 0 aliphatic carbocycles. The Hall–Kier alpha value is -2.17. The van der Waals surface area contributed by atoms with E-state index in [1.165, 1.54) is 27.8 Å². The molecule has 0 saturated carbocycles. The highest BCUT2D eigenvalue weighted by Gasteiger charge is 2.41. The van der Waals surface area contributed by atoms with Crippen LogP contribution in [0.1, 0.15) is 23.9 Å². The molecule has 2 aromatic carbocycles. The minimum atomic E-state index is -4.98. The van der Waals surface area contributed by atoms with Crippen LogP contribution in [-0.2, 0) is 10.0 Å². The highest BCUT2D eigenvalue weighted by molar-refractivity contribution is 7.89. The lowest BCUT2D eigenvalue weighted by molar-refractivity contribution is -0.275. The molecule has 0 radical (unpaired) electrons. The van der Waals surface area contributed by atoms with Crippen LogP contribution in [0.15, 0.2) is 53.4 Å². The smallest absolute Gasteiger partial charge is 0.404 e. The van der Waals surface area contributed by atoms with Gasteiger partial charge in [-0.25, -0.2) is 13.4 Å². The number of alkyl halides is 3. The summed E-state index contributed by atoms with van der Waals surface area (Å²) in [5.41, 5.74) is 0.771. The van der Waals surface area contributed by atoms with E-state index in [2.05, 4.69) is 9.72 Å².